The van der Waals surface area contributed by atoms with Crippen LogP contribution in [0, 0.1) is 6.92 Å². The number of benzene rings is 1. The van der Waals surface area contributed by atoms with Crippen LogP contribution in [0.5, 0.6) is 5.75 Å². The Kier molecular flexibility index (Phi) is 7.05. The molecule has 4 heteroatoms. The number of halogens is 1. The summed E-state index contributed by atoms with van der Waals surface area (Å²) in [5, 5.41) is 0.723. The lowest BCUT2D eigenvalue weighted by molar-refractivity contribution is 0.395. The summed E-state index contributed by atoms with van der Waals surface area (Å²) in [6.07, 6.45) is 14.9. The third-order valence-corrected chi connectivity index (χ3v) is 3.72. The van der Waals surface area contributed by atoms with E-state index in [9.17, 15) is 4.79 Å². The lowest BCUT2D eigenvalue weighted by atomic mass is 10.2. The average molecular weight is 355 g/mol. The molecule has 0 unspecified atom stereocenters. The zero-order valence-electron chi connectivity index (χ0n) is 14.1. The third kappa shape index (κ3) is 5.66. The lowest BCUT2D eigenvalue weighted by Crippen LogP contribution is -2.05. The monoisotopic (exact) mass is 354 g/mol. The van der Waals surface area contributed by atoms with Crippen LogP contribution < -0.4 is 10.4 Å². The zero-order chi connectivity index (χ0) is 18.1. The molecule has 0 radical (unpaired) electrons. The number of rotatable bonds is 6. The highest BCUT2D eigenvalue weighted by molar-refractivity contribution is 6.32. The summed E-state index contributed by atoms with van der Waals surface area (Å²) in [6, 6.07) is 9.33. The highest BCUT2D eigenvalue weighted by Gasteiger charge is 2.05. The van der Waals surface area contributed by atoms with Crippen LogP contribution in [0.1, 0.15) is 16.9 Å². The third-order valence-electron chi connectivity index (χ3n) is 3.38. The van der Waals surface area contributed by atoms with Crippen LogP contribution in [-0.4, -0.2) is 7.11 Å². The topological polar surface area (TPSA) is 39.4 Å². The van der Waals surface area contributed by atoms with E-state index in [0.29, 0.717) is 17.1 Å². The largest absolute Gasteiger partial charge is 0.496 e. The molecule has 0 saturated carbocycles. The standard InChI is InChI=1S/C21H19ClO3/c1-16-20(24-2)15-18(25-21(16)23)13-8-6-4-3-5-7-11-17-12-9-10-14-19(17)22/h3-15H,1-2H3/b5-3+,6-4+,11-7+,13-8+. The fourth-order valence-corrected chi connectivity index (χ4v) is 2.22. The summed E-state index contributed by atoms with van der Waals surface area (Å²) in [7, 11) is 1.52. The molecule has 25 heavy (non-hydrogen) atoms. The molecule has 0 amide bonds. The molecule has 1 aromatic carbocycles. The summed E-state index contributed by atoms with van der Waals surface area (Å²) < 4.78 is 10.3. The summed E-state index contributed by atoms with van der Waals surface area (Å²) in [5.74, 6) is 0.962. The van der Waals surface area contributed by atoms with Crippen molar-refractivity contribution in [2.24, 2.45) is 0 Å². The molecule has 0 fully saturated rings. The highest BCUT2D eigenvalue weighted by Crippen LogP contribution is 2.17. The summed E-state index contributed by atoms with van der Waals surface area (Å²) in [4.78, 5) is 11.6. The molecule has 2 aromatic rings. The second-order valence-electron chi connectivity index (χ2n) is 5.14. The maximum Gasteiger partial charge on any atom is 0.342 e. The molecule has 0 bridgehead atoms. The van der Waals surface area contributed by atoms with Gasteiger partial charge in [-0.25, -0.2) is 4.79 Å². The van der Waals surface area contributed by atoms with Crippen LogP contribution in [-0.2, 0) is 0 Å². The van der Waals surface area contributed by atoms with Gasteiger partial charge in [0.2, 0.25) is 0 Å². The van der Waals surface area contributed by atoms with Gasteiger partial charge in [-0.1, -0.05) is 72.3 Å². The quantitative estimate of drug-likeness (QED) is 0.647. The van der Waals surface area contributed by atoms with Crippen molar-refractivity contribution in [3.63, 3.8) is 0 Å². The number of methoxy groups -OCH3 is 1. The second-order valence-corrected chi connectivity index (χ2v) is 5.55. The number of hydrogen-bond acceptors (Lipinski definition) is 3. The van der Waals surface area contributed by atoms with E-state index in [1.807, 2.05) is 60.7 Å². The molecule has 0 aliphatic rings. The van der Waals surface area contributed by atoms with E-state index in [2.05, 4.69) is 0 Å². The Morgan fingerprint density at radius 2 is 1.64 bits per heavy atom. The normalized spacial score (nSPS) is 12.1. The molecule has 1 aromatic heterocycles. The molecule has 0 aliphatic carbocycles. The Morgan fingerprint density at radius 3 is 2.32 bits per heavy atom. The fourth-order valence-electron chi connectivity index (χ4n) is 2.02. The summed E-state index contributed by atoms with van der Waals surface area (Å²) >= 11 is 6.07. The Labute approximate surface area is 152 Å². The Balaban J connectivity index is 1.93. The first-order valence-electron chi connectivity index (χ1n) is 7.73. The molecular formula is C21H19ClO3. The van der Waals surface area contributed by atoms with Gasteiger partial charge in [0.25, 0.3) is 0 Å². The minimum absolute atomic E-state index is 0.396. The first-order valence-corrected chi connectivity index (χ1v) is 8.11. The summed E-state index contributed by atoms with van der Waals surface area (Å²) in [5.41, 5.74) is 1.04. The maximum atomic E-state index is 11.6. The second kappa shape index (κ2) is 9.50. The van der Waals surface area contributed by atoms with Gasteiger partial charge in [0, 0.05) is 11.1 Å². The van der Waals surface area contributed by atoms with Crippen molar-refractivity contribution in [2.45, 2.75) is 6.92 Å². The van der Waals surface area contributed by atoms with Crippen molar-refractivity contribution in [2.75, 3.05) is 7.11 Å². The van der Waals surface area contributed by atoms with Crippen LogP contribution >= 0.6 is 11.6 Å². The predicted molar refractivity (Wildman–Crippen MR) is 104 cm³/mol. The van der Waals surface area contributed by atoms with Gasteiger partial charge in [0.1, 0.15) is 11.5 Å². The van der Waals surface area contributed by atoms with Crippen LogP contribution in [0.2, 0.25) is 5.02 Å². The van der Waals surface area contributed by atoms with Gasteiger partial charge < -0.3 is 9.15 Å². The van der Waals surface area contributed by atoms with E-state index in [1.165, 1.54) is 7.11 Å². The predicted octanol–water partition coefficient (Wildman–Crippen LogP) is 5.45. The van der Waals surface area contributed by atoms with Crippen LogP contribution in [0.15, 0.2) is 76.0 Å². The number of allylic oxidation sites excluding steroid dienone is 6. The minimum atomic E-state index is -0.396. The van der Waals surface area contributed by atoms with E-state index in [0.717, 1.165) is 10.6 Å². The average Bonchev–Trinajstić information content (AvgIpc) is 2.61. The van der Waals surface area contributed by atoms with E-state index in [1.54, 1.807) is 25.1 Å². The summed E-state index contributed by atoms with van der Waals surface area (Å²) in [6.45, 7) is 1.67. The van der Waals surface area contributed by atoms with Crippen molar-refractivity contribution in [3.8, 4) is 5.75 Å². The van der Waals surface area contributed by atoms with Gasteiger partial charge in [0.05, 0.1) is 12.7 Å². The molecule has 0 N–H and O–H groups in total. The van der Waals surface area contributed by atoms with Crippen molar-refractivity contribution < 1.29 is 9.15 Å². The highest BCUT2D eigenvalue weighted by atomic mass is 35.5. The fraction of sp³-hybridized carbons (Fsp3) is 0.0952. The molecule has 0 aliphatic heterocycles. The Morgan fingerprint density at radius 1 is 1.00 bits per heavy atom. The first-order chi connectivity index (χ1) is 12.1. The first kappa shape index (κ1) is 18.6. The van der Waals surface area contributed by atoms with Crippen molar-refractivity contribution >= 4 is 23.8 Å². The van der Waals surface area contributed by atoms with Gasteiger partial charge in [-0.05, 0) is 24.6 Å². The van der Waals surface area contributed by atoms with Gasteiger partial charge in [0.15, 0.2) is 0 Å². The molecule has 0 atom stereocenters. The van der Waals surface area contributed by atoms with E-state index in [-0.39, 0.29) is 0 Å². The molecular weight excluding hydrogens is 336 g/mol. The molecule has 0 spiro atoms. The van der Waals surface area contributed by atoms with Gasteiger partial charge >= 0.3 is 5.63 Å². The van der Waals surface area contributed by atoms with Crippen LogP contribution in [0.25, 0.3) is 12.2 Å². The van der Waals surface area contributed by atoms with Gasteiger partial charge in [-0.2, -0.15) is 0 Å². The van der Waals surface area contributed by atoms with E-state index in [4.69, 9.17) is 20.8 Å². The van der Waals surface area contributed by atoms with Gasteiger partial charge in [-0.15, -0.1) is 0 Å². The SMILES string of the molecule is COc1cc(/C=C/C=C/C=C/C=C/c2ccccc2Cl)oc(=O)c1C. The van der Waals surface area contributed by atoms with Gasteiger partial charge in [-0.3, -0.25) is 0 Å². The number of ether oxygens (including phenoxy) is 1. The maximum absolute atomic E-state index is 11.6. The minimum Gasteiger partial charge on any atom is -0.496 e. The number of hydrogen-bond donors (Lipinski definition) is 0. The smallest absolute Gasteiger partial charge is 0.342 e. The Hall–Kier alpha value is -2.78. The van der Waals surface area contributed by atoms with Crippen molar-refractivity contribution in [3.05, 3.63) is 99.1 Å². The zero-order valence-corrected chi connectivity index (χ0v) is 14.9. The van der Waals surface area contributed by atoms with Crippen molar-refractivity contribution in [1.82, 2.24) is 0 Å². The van der Waals surface area contributed by atoms with E-state index >= 15 is 0 Å². The van der Waals surface area contributed by atoms with Crippen LogP contribution in [0.4, 0.5) is 0 Å². The molecule has 3 nitrogen and oxygen atoms in total. The molecule has 0 saturated heterocycles. The van der Waals surface area contributed by atoms with Crippen LogP contribution in [0.3, 0.4) is 0 Å². The lowest BCUT2D eigenvalue weighted by Gasteiger charge is -2.02. The molecule has 128 valence electrons. The molecule has 1 heterocycles. The van der Waals surface area contributed by atoms with Crippen molar-refractivity contribution in [1.29, 1.82) is 0 Å². The van der Waals surface area contributed by atoms with E-state index < -0.39 is 5.63 Å². The Bertz CT molecular complexity index is 886. The molecule has 2 rings (SSSR count).